The lowest BCUT2D eigenvalue weighted by Gasteiger charge is -2.11. The Labute approximate surface area is 145 Å². The summed E-state index contributed by atoms with van der Waals surface area (Å²) >= 11 is 0. The maximum absolute atomic E-state index is 11.2. The van der Waals surface area contributed by atoms with Gasteiger partial charge < -0.3 is 4.74 Å². The summed E-state index contributed by atoms with van der Waals surface area (Å²) in [5, 5.41) is 0. The Morgan fingerprint density at radius 2 is 1.22 bits per heavy atom. The van der Waals surface area contributed by atoms with E-state index in [0.717, 1.165) is 12.3 Å². The molecule has 138 valence electrons. The summed E-state index contributed by atoms with van der Waals surface area (Å²) in [5.74, 6) is 0.876. The first-order valence-electron chi connectivity index (χ1n) is 10.4. The third-order valence-corrected chi connectivity index (χ3v) is 4.68. The molecule has 0 amide bonds. The van der Waals surface area contributed by atoms with E-state index in [1.165, 1.54) is 83.5 Å². The first-order chi connectivity index (χ1) is 11.2. The van der Waals surface area contributed by atoms with Gasteiger partial charge in [0.2, 0.25) is 0 Å². The number of esters is 1. The van der Waals surface area contributed by atoms with E-state index in [4.69, 9.17) is 4.74 Å². The van der Waals surface area contributed by atoms with E-state index < -0.39 is 0 Å². The minimum Gasteiger partial charge on any atom is -0.466 e. The molecule has 0 aliphatic carbocycles. The maximum Gasteiger partial charge on any atom is 0.305 e. The highest BCUT2D eigenvalue weighted by Crippen LogP contribution is 2.18. The van der Waals surface area contributed by atoms with Crippen LogP contribution in [-0.4, -0.2) is 12.6 Å². The van der Waals surface area contributed by atoms with Crippen LogP contribution in [0.4, 0.5) is 0 Å². The average Bonchev–Trinajstić information content (AvgIpc) is 2.53. The second-order valence-electron chi connectivity index (χ2n) is 7.13. The molecule has 0 aliphatic rings. The zero-order valence-electron chi connectivity index (χ0n) is 16.2. The molecule has 0 aromatic heterocycles. The molecule has 0 fully saturated rings. The highest BCUT2D eigenvalue weighted by atomic mass is 16.5. The SMILES string of the molecule is CCCCCCCCC(C)CCCCCCCCC(=O)OCC. The number of hydrogen-bond donors (Lipinski definition) is 0. The smallest absolute Gasteiger partial charge is 0.305 e. The fourth-order valence-electron chi connectivity index (χ4n) is 3.12. The maximum atomic E-state index is 11.2. The molecular weight excluding hydrogens is 284 g/mol. The van der Waals surface area contributed by atoms with E-state index in [-0.39, 0.29) is 5.97 Å². The summed E-state index contributed by atoms with van der Waals surface area (Å²) in [4.78, 5) is 11.2. The fraction of sp³-hybridized carbons (Fsp3) is 0.952. The van der Waals surface area contributed by atoms with Gasteiger partial charge in [-0.15, -0.1) is 0 Å². The second-order valence-corrected chi connectivity index (χ2v) is 7.13. The monoisotopic (exact) mass is 326 g/mol. The van der Waals surface area contributed by atoms with Crippen molar-refractivity contribution in [2.24, 2.45) is 5.92 Å². The van der Waals surface area contributed by atoms with E-state index >= 15 is 0 Å². The highest BCUT2D eigenvalue weighted by Gasteiger charge is 2.03. The lowest BCUT2D eigenvalue weighted by molar-refractivity contribution is -0.143. The van der Waals surface area contributed by atoms with Crippen LogP contribution >= 0.6 is 0 Å². The Kier molecular flexibility index (Phi) is 17.4. The second kappa shape index (κ2) is 17.8. The number of hydrogen-bond acceptors (Lipinski definition) is 2. The quantitative estimate of drug-likeness (QED) is 0.211. The molecule has 0 spiro atoms. The number of carbonyl (C=O) groups excluding carboxylic acids is 1. The largest absolute Gasteiger partial charge is 0.466 e. The first kappa shape index (κ1) is 22.5. The van der Waals surface area contributed by atoms with Gasteiger partial charge in [-0.05, 0) is 19.3 Å². The molecule has 0 rings (SSSR count). The highest BCUT2D eigenvalue weighted by molar-refractivity contribution is 5.69. The summed E-state index contributed by atoms with van der Waals surface area (Å²) in [7, 11) is 0. The Hall–Kier alpha value is -0.530. The van der Waals surface area contributed by atoms with Crippen molar-refractivity contribution in [2.75, 3.05) is 6.61 Å². The van der Waals surface area contributed by atoms with Crippen molar-refractivity contribution < 1.29 is 9.53 Å². The molecule has 2 nitrogen and oxygen atoms in total. The van der Waals surface area contributed by atoms with Gasteiger partial charge in [-0.2, -0.15) is 0 Å². The van der Waals surface area contributed by atoms with Gasteiger partial charge in [-0.1, -0.05) is 97.3 Å². The fourth-order valence-corrected chi connectivity index (χ4v) is 3.12. The van der Waals surface area contributed by atoms with Crippen molar-refractivity contribution in [2.45, 2.75) is 117 Å². The third kappa shape index (κ3) is 17.7. The molecule has 0 aromatic carbocycles. The van der Waals surface area contributed by atoms with E-state index in [1.807, 2.05) is 6.92 Å². The van der Waals surface area contributed by atoms with Gasteiger partial charge in [-0.25, -0.2) is 0 Å². The standard InChI is InChI=1S/C21H42O2/c1-4-6-7-8-11-14-17-20(3)18-15-12-9-10-13-16-19-21(22)23-5-2/h20H,4-19H2,1-3H3. The van der Waals surface area contributed by atoms with Gasteiger partial charge in [0.25, 0.3) is 0 Å². The predicted molar refractivity (Wildman–Crippen MR) is 101 cm³/mol. The van der Waals surface area contributed by atoms with Crippen LogP contribution in [0.15, 0.2) is 0 Å². The minimum atomic E-state index is -0.0315. The van der Waals surface area contributed by atoms with E-state index in [1.54, 1.807) is 0 Å². The number of ether oxygens (including phenoxy) is 1. The van der Waals surface area contributed by atoms with Crippen molar-refractivity contribution in [3.63, 3.8) is 0 Å². The van der Waals surface area contributed by atoms with Gasteiger partial charge >= 0.3 is 5.97 Å². The van der Waals surface area contributed by atoms with Crippen molar-refractivity contribution in [3.05, 3.63) is 0 Å². The normalized spacial score (nSPS) is 12.3. The van der Waals surface area contributed by atoms with Crippen LogP contribution in [0.5, 0.6) is 0 Å². The Balaban J connectivity index is 3.20. The zero-order chi connectivity index (χ0) is 17.2. The summed E-state index contributed by atoms with van der Waals surface area (Å²) in [5.41, 5.74) is 0. The van der Waals surface area contributed by atoms with Crippen LogP contribution in [0.25, 0.3) is 0 Å². The molecule has 0 bridgehead atoms. The minimum absolute atomic E-state index is 0.0315. The van der Waals surface area contributed by atoms with Crippen LogP contribution in [0.3, 0.4) is 0 Å². The summed E-state index contributed by atoms with van der Waals surface area (Å²) < 4.78 is 4.93. The molecule has 0 heterocycles. The number of rotatable bonds is 17. The molecule has 23 heavy (non-hydrogen) atoms. The van der Waals surface area contributed by atoms with Crippen LogP contribution in [0.1, 0.15) is 117 Å². The molecule has 0 aliphatic heterocycles. The Bertz CT molecular complexity index is 250. The molecule has 0 N–H and O–H groups in total. The number of carbonyl (C=O) groups is 1. The van der Waals surface area contributed by atoms with Crippen LogP contribution in [0.2, 0.25) is 0 Å². The van der Waals surface area contributed by atoms with Crippen molar-refractivity contribution in [1.29, 1.82) is 0 Å². The topological polar surface area (TPSA) is 26.3 Å². The summed E-state index contributed by atoms with van der Waals surface area (Å²) in [6, 6.07) is 0. The van der Waals surface area contributed by atoms with Crippen LogP contribution in [-0.2, 0) is 9.53 Å². The van der Waals surface area contributed by atoms with E-state index in [9.17, 15) is 4.79 Å². The van der Waals surface area contributed by atoms with Crippen molar-refractivity contribution in [3.8, 4) is 0 Å². The van der Waals surface area contributed by atoms with Gasteiger partial charge in [0.15, 0.2) is 0 Å². The lowest BCUT2D eigenvalue weighted by atomic mass is 9.96. The molecule has 1 unspecified atom stereocenters. The molecule has 1 atom stereocenters. The molecule has 2 heteroatoms. The zero-order valence-corrected chi connectivity index (χ0v) is 16.2. The number of unbranched alkanes of at least 4 members (excludes halogenated alkanes) is 10. The molecular formula is C21H42O2. The van der Waals surface area contributed by atoms with Crippen LogP contribution in [0, 0.1) is 5.92 Å². The molecule has 0 aromatic rings. The molecule has 0 saturated heterocycles. The third-order valence-electron chi connectivity index (χ3n) is 4.68. The molecule has 0 saturated carbocycles. The summed E-state index contributed by atoms with van der Waals surface area (Å²) in [6.07, 6.45) is 19.4. The summed E-state index contributed by atoms with van der Waals surface area (Å²) in [6.45, 7) is 7.08. The van der Waals surface area contributed by atoms with Gasteiger partial charge in [0.05, 0.1) is 6.61 Å². The van der Waals surface area contributed by atoms with Crippen molar-refractivity contribution >= 4 is 5.97 Å². The van der Waals surface area contributed by atoms with Crippen LogP contribution < -0.4 is 0 Å². The first-order valence-corrected chi connectivity index (χ1v) is 10.4. The predicted octanol–water partition coefficient (Wildman–Crippen LogP) is 7.06. The van der Waals surface area contributed by atoms with Gasteiger partial charge in [0.1, 0.15) is 0 Å². The Morgan fingerprint density at radius 1 is 0.739 bits per heavy atom. The average molecular weight is 327 g/mol. The molecule has 0 radical (unpaired) electrons. The van der Waals surface area contributed by atoms with E-state index in [2.05, 4.69) is 13.8 Å². The van der Waals surface area contributed by atoms with E-state index in [0.29, 0.717) is 13.0 Å². The van der Waals surface area contributed by atoms with Gasteiger partial charge in [-0.3, -0.25) is 4.79 Å². The Morgan fingerprint density at radius 3 is 1.74 bits per heavy atom. The van der Waals surface area contributed by atoms with Gasteiger partial charge in [0, 0.05) is 6.42 Å². The van der Waals surface area contributed by atoms with Crippen molar-refractivity contribution in [1.82, 2.24) is 0 Å². The lowest BCUT2D eigenvalue weighted by Crippen LogP contribution is -2.03.